The van der Waals surface area contributed by atoms with Crippen molar-refractivity contribution < 1.29 is 24.2 Å². The molecule has 2 atom stereocenters. The molecular weight excluding hydrogens is 444 g/mol. The van der Waals surface area contributed by atoms with Crippen LogP contribution in [0.3, 0.4) is 0 Å². The first-order valence-electron chi connectivity index (χ1n) is 12.3. The number of carboxylic acids is 1. The van der Waals surface area contributed by atoms with E-state index in [0.717, 1.165) is 28.7 Å². The highest BCUT2D eigenvalue weighted by molar-refractivity contribution is 5.86. The van der Waals surface area contributed by atoms with Crippen LogP contribution in [0.2, 0.25) is 0 Å². The number of carbonyl (C=O) groups excluding carboxylic acids is 2. The van der Waals surface area contributed by atoms with E-state index >= 15 is 0 Å². The number of benzene rings is 2. The molecule has 1 aliphatic carbocycles. The number of aliphatic carboxylic acids is 1. The van der Waals surface area contributed by atoms with Gasteiger partial charge in [-0.2, -0.15) is 0 Å². The molecule has 3 N–H and O–H groups in total. The van der Waals surface area contributed by atoms with E-state index in [1.54, 1.807) is 13.8 Å². The fraction of sp³-hybridized carbons (Fsp3) is 0.464. The van der Waals surface area contributed by atoms with Gasteiger partial charge in [0.1, 0.15) is 12.6 Å². The van der Waals surface area contributed by atoms with Gasteiger partial charge in [-0.3, -0.25) is 9.59 Å². The normalized spacial score (nSPS) is 15.0. The highest BCUT2D eigenvalue weighted by atomic mass is 16.5. The van der Waals surface area contributed by atoms with Crippen molar-refractivity contribution in [3.05, 3.63) is 59.7 Å². The van der Waals surface area contributed by atoms with Crippen LogP contribution in [0.15, 0.2) is 48.5 Å². The Morgan fingerprint density at radius 2 is 1.57 bits per heavy atom. The Balaban J connectivity index is 1.65. The van der Waals surface area contributed by atoms with Crippen molar-refractivity contribution >= 4 is 18.0 Å². The second kappa shape index (κ2) is 11.4. The number of rotatable bonds is 11. The van der Waals surface area contributed by atoms with Crippen molar-refractivity contribution in [2.24, 2.45) is 11.3 Å². The lowest BCUT2D eigenvalue weighted by molar-refractivity contribution is -0.148. The molecular formula is C28H36N2O5. The van der Waals surface area contributed by atoms with Crippen LogP contribution < -0.4 is 10.6 Å². The molecule has 0 saturated carbocycles. The average Bonchev–Trinajstić information content (AvgIpc) is 3.17. The first-order valence-corrected chi connectivity index (χ1v) is 12.3. The standard InChI is InChI=1S/C28H36N2O5/c1-5-28(4,26(32)33)17-29-25(31)24(15-14-18(2)3)30-27(34)35-16-23-21-12-8-6-10-19(21)20-11-7-9-13-22(20)23/h6-13,18,23-24H,5,14-17H2,1-4H3,(H,29,31)(H,30,34)(H,32,33). The molecule has 2 unspecified atom stereocenters. The second-order valence-electron chi connectivity index (χ2n) is 9.93. The van der Waals surface area contributed by atoms with Gasteiger partial charge in [0, 0.05) is 12.5 Å². The van der Waals surface area contributed by atoms with E-state index < -0.39 is 29.4 Å². The van der Waals surface area contributed by atoms with Gasteiger partial charge in [-0.05, 0) is 54.4 Å². The molecule has 7 heteroatoms. The van der Waals surface area contributed by atoms with Gasteiger partial charge in [-0.1, -0.05) is 69.3 Å². The SMILES string of the molecule is CCC(C)(CNC(=O)C(CCC(C)C)NC(=O)OCC1c2ccccc2-c2ccccc21)C(=O)O. The van der Waals surface area contributed by atoms with Crippen LogP contribution in [0.5, 0.6) is 0 Å². The monoisotopic (exact) mass is 480 g/mol. The Bertz CT molecular complexity index is 1020. The Labute approximate surface area is 207 Å². The molecule has 0 fully saturated rings. The Hall–Kier alpha value is -3.35. The lowest BCUT2D eigenvalue weighted by atomic mass is 9.87. The number of fused-ring (bicyclic) bond motifs is 3. The Kier molecular flexibility index (Phi) is 8.54. The lowest BCUT2D eigenvalue weighted by Gasteiger charge is -2.25. The molecule has 0 heterocycles. The number of amides is 2. The quantitative estimate of drug-likeness (QED) is 0.422. The van der Waals surface area contributed by atoms with Crippen LogP contribution in [0.1, 0.15) is 64.0 Å². The molecule has 2 amide bonds. The van der Waals surface area contributed by atoms with Gasteiger partial charge in [0.05, 0.1) is 5.41 Å². The summed E-state index contributed by atoms with van der Waals surface area (Å²) >= 11 is 0. The minimum atomic E-state index is -1.07. The van der Waals surface area contributed by atoms with Gasteiger partial charge in [0.25, 0.3) is 0 Å². The molecule has 0 aliphatic heterocycles. The maximum atomic E-state index is 12.9. The molecule has 0 radical (unpaired) electrons. The van der Waals surface area contributed by atoms with E-state index in [0.29, 0.717) is 18.8 Å². The zero-order valence-corrected chi connectivity index (χ0v) is 21.0. The summed E-state index contributed by atoms with van der Waals surface area (Å²) in [4.78, 5) is 37.2. The Morgan fingerprint density at radius 1 is 1.00 bits per heavy atom. The predicted octanol–water partition coefficient (Wildman–Crippen LogP) is 4.95. The number of alkyl carbamates (subject to hydrolysis) is 1. The molecule has 2 aromatic carbocycles. The van der Waals surface area contributed by atoms with Crippen LogP contribution in [-0.4, -0.2) is 42.3 Å². The molecule has 3 rings (SSSR count). The number of nitrogens with one attached hydrogen (secondary N) is 2. The fourth-order valence-electron chi connectivity index (χ4n) is 4.31. The number of carboxylic acid groups (broad SMARTS) is 1. The largest absolute Gasteiger partial charge is 0.481 e. The summed E-state index contributed by atoms with van der Waals surface area (Å²) in [5.74, 6) is -1.10. The zero-order chi connectivity index (χ0) is 25.6. The first kappa shape index (κ1) is 26.3. The van der Waals surface area contributed by atoms with E-state index in [1.165, 1.54) is 0 Å². The molecule has 188 valence electrons. The van der Waals surface area contributed by atoms with E-state index in [2.05, 4.69) is 22.8 Å². The maximum Gasteiger partial charge on any atom is 0.407 e. The molecule has 0 bridgehead atoms. The summed E-state index contributed by atoms with van der Waals surface area (Å²) in [5.41, 5.74) is 3.45. The van der Waals surface area contributed by atoms with Crippen molar-refractivity contribution in [1.82, 2.24) is 10.6 Å². The third kappa shape index (κ3) is 6.21. The average molecular weight is 481 g/mol. The van der Waals surface area contributed by atoms with E-state index in [-0.39, 0.29) is 19.1 Å². The van der Waals surface area contributed by atoms with Crippen LogP contribution in [0.4, 0.5) is 4.79 Å². The van der Waals surface area contributed by atoms with Crippen molar-refractivity contribution in [2.45, 2.75) is 58.9 Å². The van der Waals surface area contributed by atoms with E-state index in [9.17, 15) is 19.5 Å². The number of hydrogen-bond acceptors (Lipinski definition) is 4. The lowest BCUT2D eigenvalue weighted by Crippen LogP contribution is -2.50. The zero-order valence-electron chi connectivity index (χ0n) is 21.0. The fourth-order valence-corrected chi connectivity index (χ4v) is 4.31. The van der Waals surface area contributed by atoms with Gasteiger partial charge in [0.15, 0.2) is 0 Å². The maximum absolute atomic E-state index is 12.9. The summed E-state index contributed by atoms with van der Waals surface area (Å²) in [6.45, 7) is 7.60. The number of ether oxygens (including phenoxy) is 1. The highest BCUT2D eigenvalue weighted by Crippen LogP contribution is 2.44. The van der Waals surface area contributed by atoms with Crippen LogP contribution in [0.25, 0.3) is 11.1 Å². The summed E-state index contributed by atoms with van der Waals surface area (Å²) in [6.07, 6.45) is 0.876. The number of carbonyl (C=O) groups is 3. The van der Waals surface area contributed by atoms with E-state index in [4.69, 9.17) is 4.74 Å². The van der Waals surface area contributed by atoms with Gasteiger partial charge in [-0.15, -0.1) is 0 Å². The van der Waals surface area contributed by atoms with Crippen molar-refractivity contribution in [2.75, 3.05) is 13.2 Å². The van der Waals surface area contributed by atoms with Crippen molar-refractivity contribution in [3.8, 4) is 11.1 Å². The predicted molar refractivity (Wildman–Crippen MR) is 135 cm³/mol. The molecule has 0 spiro atoms. The van der Waals surface area contributed by atoms with Crippen LogP contribution >= 0.6 is 0 Å². The van der Waals surface area contributed by atoms with Crippen LogP contribution in [-0.2, 0) is 14.3 Å². The minimum Gasteiger partial charge on any atom is -0.481 e. The summed E-state index contributed by atoms with van der Waals surface area (Å²) in [5, 5.41) is 14.9. The third-order valence-electron chi connectivity index (χ3n) is 6.93. The van der Waals surface area contributed by atoms with Gasteiger partial charge < -0.3 is 20.5 Å². The highest BCUT2D eigenvalue weighted by Gasteiger charge is 2.33. The molecule has 0 aromatic heterocycles. The van der Waals surface area contributed by atoms with Gasteiger partial charge >= 0.3 is 12.1 Å². The molecule has 2 aromatic rings. The summed E-state index contributed by atoms with van der Waals surface area (Å²) < 4.78 is 5.61. The third-order valence-corrected chi connectivity index (χ3v) is 6.93. The minimum absolute atomic E-state index is 0.0117. The summed E-state index contributed by atoms with van der Waals surface area (Å²) in [6, 6.07) is 15.4. The smallest absolute Gasteiger partial charge is 0.407 e. The molecule has 35 heavy (non-hydrogen) atoms. The second-order valence-corrected chi connectivity index (χ2v) is 9.93. The van der Waals surface area contributed by atoms with E-state index in [1.807, 2.05) is 50.2 Å². The Morgan fingerprint density at radius 3 is 2.09 bits per heavy atom. The summed E-state index contributed by atoms with van der Waals surface area (Å²) in [7, 11) is 0. The number of hydrogen-bond donors (Lipinski definition) is 3. The van der Waals surface area contributed by atoms with Gasteiger partial charge in [-0.25, -0.2) is 4.79 Å². The molecule has 7 nitrogen and oxygen atoms in total. The molecule has 1 aliphatic rings. The first-order chi connectivity index (χ1) is 16.7. The topological polar surface area (TPSA) is 105 Å². The molecule has 0 saturated heterocycles. The van der Waals surface area contributed by atoms with Gasteiger partial charge in [0.2, 0.25) is 5.91 Å². The van der Waals surface area contributed by atoms with Crippen LogP contribution in [0, 0.1) is 11.3 Å². The van der Waals surface area contributed by atoms with Crippen molar-refractivity contribution in [1.29, 1.82) is 0 Å². The van der Waals surface area contributed by atoms with Crippen molar-refractivity contribution in [3.63, 3.8) is 0 Å².